The van der Waals surface area contributed by atoms with Crippen LogP contribution in [0.2, 0.25) is 0 Å². The van der Waals surface area contributed by atoms with Crippen molar-refractivity contribution in [2.24, 2.45) is 5.92 Å². The first-order chi connectivity index (χ1) is 11.0. The molecule has 0 bridgehead atoms. The van der Waals surface area contributed by atoms with E-state index in [2.05, 4.69) is 0 Å². The Bertz CT molecular complexity index is 487. The highest BCUT2D eigenvalue weighted by molar-refractivity contribution is 5.80. The van der Waals surface area contributed by atoms with Crippen molar-refractivity contribution in [1.29, 1.82) is 0 Å². The summed E-state index contributed by atoms with van der Waals surface area (Å²) in [5.41, 5.74) is -0.748. The van der Waals surface area contributed by atoms with E-state index in [-0.39, 0.29) is 19.0 Å². The maximum Gasteiger partial charge on any atom is 0.410 e. The van der Waals surface area contributed by atoms with Crippen LogP contribution in [0.4, 0.5) is 13.6 Å². The van der Waals surface area contributed by atoms with E-state index in [1.54, 1.807) is 20.8 Å². The Morgan fingerprint density at radius 2 is 1.96 bits per heavy atom. The number of rotatable bonds is 2. The number of amides is 2. The van der Waals surface area contributed by atoms with E-state index in [1.807, 2.05) is 0 Å². The lowest BCUT2D eigenvalue weighted by Gasteiger charge is -2.40. The van der Waals surface area contributed by atoms with Crippen LogP contribution in [0.5, 0.6) is 0 Å². The van der Waals surface area contributed by atoms with Gasteiger partial charge in [-0.2, -0.15) is 0 Å². The van der Waals surface area contributed by atoms with E-state index >= 15 is 0 Å². The van der Waals surface area contributed by atoms with Gasteiger partial charge in [0.15, 0.2) is 0 Å². The van der Waals surface area contributed by atoms with Crippen LogP contribution in [0.25, 0.3) is 0 Å². The summed E-state index contributed by atoms with van der Waals surface area (Å²) in [5, 5.41) is 0. The molecule has 0 aromatic rings. The molecule has 8 heteroatoms. The highest BCUT2D eigenvalue weighted by atomic mass is 19.3. The molecule has 2 unspecified atom stereocenters. The maximum absolute atomic E-state index is 14.5. The second-order valence-corrected chi connectivity index (χ2v) is 7.47. The molecule has 0 saturated carbocycles. The minimum atomic E-state index is -3.28. The summed E-state index contributed by atoms with van der Waals surface area (Å²) in [6.07, 6.45) is -0.196. The minimum Gasteiger partial charge on any atom is -0.444 e. The van der Waals surface area contributed by atoms with E-state index in [4.69, 9.17) is 9.47 Å². The number of nitrogens with zero attached hydrogens (tertiary/aromatic N) is 2. The lowest BCUT2D eigenvalue weighted by Crippen LogP contribution is -2.56. The van der Waals surface area contributed by atoms with Gasteiger partial charge in [0.2, 0.25) is 5.91 Å². The molecule has 2 amide bonds. The molecule has 0 aliphatic carbocycles. The normalized spacial score (nSPS) is 27.0. The molecule has 0 N–H and O–H groups in total. The van der Waals surface area contributed by atoms with Crippen molar-refractivity contribution in [2.45, 2.75) is 51.2 Å². The first-order valence-electron chi connectivity index (χ1n) is 8.21. The number of likely N-dealkylation sites (tertiary alicyclic amines) is 1. The third-order valence-electron chi connectivity index (χ3n) is 4.35. The molecule has 2 heterocycles. The number of alkyl halides is 2. The first-order valence-corrected chi connectivity index (χ1v) is 8.21. The van der Waals surface area contributed by atoms with Gasteiger partial charge in [0, 0.05) is 20.2 Å². The standard InChI is InChI=1S/C16H26F2N2O4/c1-15(2,3)24-14(22)20-7-5-12(16(17,18)10-20)13(21)19(4)11-6-8-23-9-11/h11-12H,5-10H2,1-4H3. The fraction of sp³-hybridized carbons (Fsp3) is 0.875. The van der Waals surface area contributed by atoms with Gasteiger partial charge in [0.1, 0.15) is 11.5 Å². The average molecular weight is 348 g/mol. The average Bonchev–Trinajstić information content (AvgIpc) is 2.97. The molecule has 0 aromatic heterocycles. The van der Waals surface area contributed by atoms with E-state index in [0.717, 1.165) is 4.90 Å². The van der Waals surface area contributed by atoms with Crippen molar-refractivity contribution in [3.8, 4) is 0 Å². The number of halogens is 2. The zero-order valence-corrected chi connectivity index (χ0v) is 14.7. The molecule has 138 valence electrons. The van der Waals surface area contributed by atoms with Gasteiger partial charge in [-0.1, -0.05) is 0 Å². The zero-order chi connectivity index (χ0) is 18.1. The first kappa shape index (κ1) is 18.9. The maximum atomic E-state index is 14.5. The number of carbonyl (C=O) groups excluding carboxylic acids is 2. The Balaban J connectivity index is 2.00. The fourth-order valence-corrected chi connectivity index (χ4v) is 2.98. The Hall–Kier alpha value is -1.44. The third-order valence-corrected chi connectivity index (χ3v) is 4.35. The predicted octanol–water partition coefficient (Wildman–Crippen LogP) is 2.13. The lowest BCUT2D eigenvalue weighted by atomic mass is 9.91. The molecule has 24 heavy (non-hydrogen) atoms. The topological polar surface area (TPSA) is 59.1 Å². The molecule has 2 fully saturated rings. The summed E-state index contributed by atoms with van der Waals surface area (Å²) in [6.45, 7) is 5.23. The molecule has 0 aromatic carbocycles. The van der Waals surface area contributed by atoms with Gasteiger partial charge in [-0.3, -0.25) is 4.79 Å². The van der Waals surface area contributed by atoms with Gasteiger partial charge in [-0.05, 0) is 33.6 Å². The van der Waals surface area contributed by atoms with Crippen LogP contribution in [-0.2, 0) is 14.3 Å². The van der Waals surface area contributed by atoms with E-state index in [1.165, 1.54) is 11.9 Å². The molecule has 0 spiro atoms. The summed E-state index contributed by atoms with van der Waals surface area (Å²) < 4.78 is 39.3. The SMILES string of the molecule is CN(C(=O)C1CCN(C(=O)OC(C)(C)C)CC1(F)F)C1CCOC1. The minimum absolute atomic E-state index is 0.0793. The number of carbonyl (C=O) groups is 2. The van der Waals surface area contributed by atoms with E-state index in [9.17, 15) is 18.4 Å². The van der Waals surface area contributed by atoms with Gasteiger partial charge in [-0.25, -0.2) is 13.6 Å². The Morgan fingerprint density at radius 3 is 2.46 bits per heavy atom. The van der Waals surface area contributed by atoms with Gasteiger partial charge in [-0.15, -0.1) is 0 Å². The molecule has 0 radical (unpaired) electrons. The summed E-state index contributed by atoms with van der Waals surface area (Å²) in [6, 6.07) is -0.155. The molecular formula is C16H26F2N2O4. The van der Waals surface area contributed by atoms with Crippen LogP contribution in [0.15, 0.2) is 0 Å². The number of likely N-dealkylation sites (N-methyl/N-ethyl adjacent to an activating group) is 1. The summed E-state index contributed by atoms with van der Waals surface area (Å²) in [7, 11) is 1.54. The molecule has 2 aliphatic heterocycles. The number of ether oxygens (including phenoxy) is 2. The number of hydrogen-bond donors (Lipinski definition) is 0. The Labute approximate surface area is 141 Å². The molecule has 2 rings (SSSR count). The largest absolute Gasteiger partial charge is 0.444 e. The number of piperidine rings is 1. The van der Waals surface area contributed by atoms with Crippen LogP contribution >= 0.6 is 0 Å². The van der Waals surface area contributed by atoms with E-state index in [0.29, 0.717) is 19.6 Å². The zero-order valence-electron chi connectivity index (χ0n) is 14.7. The van der Waals surface area contributed by atoms with Crippen molar-refractivity contribution < 1.29 is 27.8 Å². The lowest BCUT2D eigenvalue weighted by molar-refractivity contribution is -0.161. The quantitative estimate of drug-likeness (QED) is 0.767. The van der Waals surface area contributed by atoms with Crippen molar-refractivity contribution >= 4 is 12.0 Å². The van der Waals surface area contributed by atoms with Crippen LogP contribution < -0.4 is 0 Å². The highest BCUT2D eigenvalue weighted by Crippen LogP contribution is 2.35. The summed E-state index contributed by atoms with van der Waals surface area (Å²) in [4.78, 5) is 26.8. The van der Waals surface area contributed by atoms with Crippen molar-refractivity contribution in [3.05, 3.63) is 0 Å². The van der Waals surface area contributed by atoms with Crippen molar-refractivity contribution in [2.75, 3.05) is 33.4 Å². The second-order valence-electron chi connectivity index (χ2n) is 7.47. The molecule has 6 nitrogen and oxygen atoms in total. The Morgan fingerprint density at radius 1 is 1.29 bits per heavy atom. The molecule has 2 aliphatic rings. The highest BCUT2D eigenvalue weighted by Gasteiger charge is 2.51. The summed E-state index contributed by atoms with van der Waals surface area (Å²) in [5.74, 6) is -5.28. The van der Waals surface area contributed by atoms with Crippen molar-refractivity contribution in [3.63, 3.8) is 0 Å². The van der Waals surface area contributed by atoms with Gasteiger partial charge < -0.3 is 19.3 Å². The van der Waals surface area contributed by atoms with Crippen LogP contribution in [0.3, 0.4) is 0 Å². The van der Waals surface area contributed by atoms with E-state index < -0.39 is 36.0 Å². The third kappa shape index (κ3) is 4.34. The second kappa shape index (κ2) is 6.82. The predicted molar refractivity (Wildman–Crippen MR) is 82.9 cm³/mol. The monoisotopic (exact) mass is 348 g/mol. The van der Waals surface area contributed by atoms with Crippen LogP contribution in [0, 0.1) is 5.92 Å². The molecule has 2 saturated heterocycles. The van der Waals surface area contributed by atoms with Gasteiger partial charge in [0.25, 0.3) is 5.92 Å². The van der Waals surface area contributed by atoms with Crippen LogP contribution in [-0.4, -0.2) is 72.7 Å². The van der Waals surface area contributed by atoms with Crippen molar-refractivity contribution in [1.82, 2.24) is 9.80 Å². The molecular weight excluding hydrogens is 322 g/mol. The summed E-state index contributed by atoms with van der Waals surface area (Å²) >= 11 is 0. The fourth-order valence-electron chi connectivity index (χ4n) is 2.98. The molecule has 2 atom stereocenters. The Kier molecular flexibility index (Phi) is 5.37. The number of hydrogen-bond acceptors (Lipinski definition) is 4. The van der Waals surface area contributed by atoms with Gasteiger partial charge in [0.05, 0.1) is 19.2 Å². The van der Waals surface area contributed by atoms with Crippen LogP contribution in [0.1, 0.15) is 33.6 Å². The van der Waals surface area contributed by atoms with Gasteiger partial charge >= 0.3 is 6.09 Å². The smallest absolute Gasteiger partial charge is 0.410 e.